The normalized spacial score (nSPS) is 12.6. The summed E-state index contributed by atoms with van der Waals surface area (Å²) in [5.74, 6) is -0.774. The Morgan fingerprint density at radius 1 is 1.37 bits per heavy atom. The van der Waals surface area contributed by atoms with Crippen molar-refractivity contribution in [3.8, 4) is 0 Å². The first kappa shape index (κ1) is 14.1. The Morgan fingerprint density at radius 2 is 2.21 bits per heavy atom. The first-order valence-electron chi connectivity index (χ1n) is 6.26. The number of nitrogens with one attached hydrogen (secondary N) is 1. The summed E-state index contributed by atoms with van der Waals surface area (Å²) in [6.45, 7) is 2.90. The predicted octanol–water partition coefficient (Wildman–Crippen LogP) is 3.70. The molecule has 1 atom stereocenters. The lowest BCUT2D eigenvalue weighted by Crippen LogP contribution is -2.23. The molecule has 19 heavy (non-hydrogen) atoms. The fraction of sp³-hybridized carbons (Fsp3) is 0.357. The lowest BCUT2D eigenvalue weighted by atomic mass is 10.0. The molecular formula is C14H16F2N2S. The third-order valence-corrected chi connectivity index (χ3v) is 3.76. The summed E-state index contributed by atoms with van der Waals surface area (Å²) in [5, 5.41) is 3.35. The second-order valence-electron chi connectivity index (χ2n) is 4.35. The predicted molar refractivity (Wildman–Crippen MR) is 73.2 cm³/mol. The zero-order chi connectivity index (χ0) is 13.7. The molecule has 0 spiro atoms. The molecule has 0 fully saturated rings. The van der Waals surface area contributed by atoms with Gasteiger partial charge in [-0.25, -0.2) is 8.78 Å². The van der Waals surface area contributed by atoms with Crippen LogP contribution < -0.4 is 5.32 Å². The van der Waals surface area contributed by atoms with Crippen LogP contribution in [-0.2, 0) is 6.42 Å². The van der Waals surface area contributed by atoms with Crippen molar-refractivity contribution >= 4 is 11.3 Å². The maximum Gasteiger partial charge on any atom is 0.126 e. The Hall–Kier alpha value is -1.33. The van der Waals surface area contributed by atoms with Crippen LogP contribution in [0.2, 0.25) is 0 Å². The number of rotatable bonds is 6. The largest absolute Gasteiger partial charge is 0.309 e. The van der Waals surface area contributed by atoms with Crippen molar-refractivity contribution in [3.05, 3.63) is 52.0 Å². The van der Waals surface area contributed by atoms with E-state index in [9.17, 15) is 8.78 Å². The van der Waals surface area contributed by atoms with E-state index in [1.807, 2.05) is 0 Å². The Kier molecular flexibility index (Phi) is 4.99. The van der Waals surface area contributed by atoms with Crippen LogP contribution in [0.15, 0.2) is 29.9 Å². The van der Waals surface area contributed by atoms with E-state index in [1.54, 1.807) is 11.7 Å². The highest BCUT2D eigenvalue weighted by Gasteiger charge is 2.15. The molecule has 1 heterocycles. The lowest BCUT2D eigenvalue weighted by Gasteiger charge is -2.17. The molecule has 1 unspecified atom stereocenters. The zero-order valence-electron chi connectivity index (χ0n) is 10.7. The van der Waals surface area contributed by atoms with E-state index in [1.165, 1.54) is 23.5 Å². The molecule has 0 amide bonds. The van der Waals surface area contributed by atoms with Crippen LogP contribution in [0.25, 0.3) is 0 Å². The van der Waals surface area contributed by atoms with Crippen molar-refractivity contribution in [2.45, 2.75) is 25.8 Å². The van der Waals surface area contributed by atoms with Crippen molar-refractivity contribution in [1.29, 1.82) is 0 Å². The lowest BCUT2D eigenvalue weighted by molar-refractivity contribution is 0.514. The van der Waals surface area contributed by atoms with Gasteiger partial charge < -0.3 is 5.32 Å². The Balaban J connectivity index is 2.17. The van der Waals surface area contributed by atoms with E-state index in [0.717, 1.165) is 23.9 Å². The standard InChI is InChI=1S/C14H16F2N2S/c1-2-5-18-13(14-8-17-9-19-14)7-10-6-11(15)3-4-12(10)16/h3-4,6,8-9,13,18H,2,5,7H2,1H3. The summed E-state index contributed by atoms with van der Waals surface area (Å²) >= 11 is 1.52. The first-order valence-corrected chi connectivity index (χ1v) is 7.14. The topological polar surface area (TPSA) is 24.9 Å². The first-order chi connectivity index (χ1) is 9.20. The molecule has 0 saturated heterocycles. The van der Waals surface area contributed by atoms with Gasteiger partial charge in [0.15, 0.2) is 0 Å². The highest BCUT2D eigenvalue weighted by atomic mass is 32.1. The summed E-state index contributed by atoms with van der Waals surface area (Å²) in [5.41, 5.74) is 2.14. The van der Waals surface area contributed by atoms with E-state index in [0.29, 0.717) is 12.0 Å². The van der Waals surface area contributed by atoms with Gasteiger partial charge >= 0.3 is 0 Å². The van der Waals surface area contributed by atoms with Gasteiger partial charge in [-0.15, -0.1) is 11.3 Å². The van der Waals surface area contributed by atoms with E-state index in [-0.39, 0.29) is 11.9 Å². The van der Waals surface area contributed by atoms with Crippen LogP contribution in [0.4, 0.5) is 8.78 Å². The Bertz CT molecular complexity index is 514. The number of nitrogens with zero attached hydrogens (tertiary/aromatic N) is 1. The van der Waals surface area contributed by atoms with Crippen molar-refractivity contribution in [3.63, 3.8) is 0 Å². The van der Waals surface area contributed by atoms with Crippen molar-refractivity contribution in [2.24, 2.45) is 0 Å². The average molecular weight is 282 g/mol. The third kappa shape index (κ3) is 3.81. The van der Waals surface area contributed by atoms with Crippen LogP contribution in [0.3, 0.4) is 0 Å². The van der Waals surface area contributed by atoms with Crippen LogP contribution >= 0.6 is 11.3 Å². The molecule has 102 valence electrons. The average Bonchev–Trinajstić information content (AvgIpc) is 2.92. The smallest absolute Gasteiger partial charge is 0.126 e. The molecule has 0 aliphatic heterocycles. The molecule has 1 aromatic heterocycles. The fourth-order valence-corrected chi connectivity index (χ4v) is 2.61. The number of benzene rings is 1. The fourth-order valence-electron chi connectivity index (χ4n) is 1.91. The number of halogens is 2. The van der Waals surface area contributed by atoms with Gasteiger partial charge in [0.05, 0.1) is 5.51 Å². The van der Waals surface area contributed by atoms with Gasteiger partial charge in [-0.3, -0.25) is 4.98 Å². The second kappa shape index (κ2) is 6.73. The zero-order valence-corrected chi connectivity index (χ0v) is 11.5. The number of aromatic nitrogens is 1. The molecule has 0 radical (unpaired) electrons. The number of thiazole rings is 1. The van der Waals surface area contributed by atoms with Gasteiger partial charge in [-0.2, -0.15) is 0 Å². The Morgan fingerprint density at radius 3 is 2.89 bits per heavy atom. The maximum atomic E-state index is 13.7. The second-order valence-corrected chi connectivity index (χ2v) is 5.27. The van der Waals surface area contributed by atoms with E-state index in [2.05, 4.69) is 17.2 Å². The van der Waals surface area contributed by atoms with Crippen LogP contribution in [0, 0.1) is 11.6 Å². The summed E-state index contributed by atoms with van der Waals surface area (Å²) in [4.78, 5) is 5.08. The third-order valence-electron chi connectivity index (χ3n) is 2.87. The van der Waals surface area contributed by atoms with Gasteiger partial charge in [-0.05, 0) is 43.1 Å². The monoisotopic (exact) mass is 282 g/mol. The summed E-state index contributed by atoms with van der Waals surface area (Å²) < 4.78 is 26.9. The van der Waals surface area contributed by atoms with Gasteiger partial charge in [0.1, 0.15) is 11.6 Å². The van der Waals surface area contributed by atoms with Gasteiger partial charge in [0, 0.05) is 17.1 Å². The number of hydrogen-bond acceptors (Lipinski definition) is 3. The van der Waals surface area contributed by atoms with Crippen molar-refractivity contribution < 1.29 is 8.78 Å². The van der Waals surface area contributed by atoms with Gasteiger partial charge in [0.25, 0.3) is 0 Å². The van der Waals surface area contributed by atoms with E-state index in [4.69, 9.17) is 0 Å². The molecule has 1 aromatic carbocycles. The Labute approximate surface area is 115 Å². The van der Waals surface area contributed by atoms with E-state index < -0.39 is 5.82 Å². The van der Waals surface area contributed by atoms with Crippen LogP contribution in [0.1, 0.15) is 29.8 Å². The maximum absolute atomic E-state index is 13.7. The molecule has 0 bridgehead atoms. The van der Waals surface area contributed by atoms with Crippen molar-refractivity contribution in [2.75, 3.05) is 6.54 Å². The quantitative estimate of drug-likeness (QED) is 0.873. The molecule has 2 aromatic rings. The minimum absolute atomic E-state index is 0.0243. The molecule has 1 N–H and O–H groups in total. The minimum Gasteiger partial charge on any atom is -0.309 e. The molecule has 0 saturated carbocycles. The molecule has 0 aliphatic carbocycles. The van der Waals surface area contributed by atoms with Gasteiger partial charge in [-0.1, -0.05) is 6.92 Å². The van der Waals surface area contributed by atoms with E-state index >= 15 is 0 Å². The highest BCUT2D eigenvalue weighted by molar-refractivity contribution is 7.09. The minimum atomic E-state index is -0.407. The molecule has 5 heteroatoms. The highest BCUT2D eigenvalue weighted by Crippen LogP contribution is 2.23. The summed E-state index contributed by atoms with van der Waals surface area (Å²) in [7, 11) is 0. The van der Waals surface area contributed by atoms with Crippen LogP contribution in [0.5, 0.6) is 0 Å². The number of hydrogen-bond donors (Lipinski definition) is 1. The van der Waals surface area contributed by atoms with Gasteiger partial charge in [0.2, 0.25) is 0 Å². The molecular weight excluding hydrogens is 266 g/mol. The summed E-state index contributed by atoms with van der Waals surface area (Å²) in [6.07, 6.45) is 3.18. The molecule has 2 rings (SSSR count). The van der Waals surface area contributed by atoms with Crippen LogP contribution in [-0.4, -0.2) is 11.5 Å². The summed E-state index contributed by atoms with van der Waals surface area (Å²) in [6, 6.07) is 3.55. The molecule has 0 aliphatic rings. The SMILES string of the molecule is CCCNC(Cc1cc(F)ccc1F)c1cncs1. The van der Waals surface area contributed by atoms with Crippen molar-refractivity contribution in [1.82, 2.24) is 10.3 Å². The molecule has 2 nitrogen and oxygen atoms in total.